The molecule has 2 heterocycles. The summed E-state index contributed by atoms with van der Waals surface area (Å²) in [6.45, 7) is 2.09. The number of piperidine rings is 1. The van der Waals surface area contributed by atoms with Gasteiger partial charge in [0.2, 0.25) is 5.78 Å². The summed E-state index contributed by atoms with van der Waals surface area (Å²) in [6, 6.07) is 6.98. The maximum Gasteiger partial charge on any atom is 0.204 e. The van der Waals surface area contributed by atoms with Gasteiger partial charge in [0.05, 0.1) is 11.1 Å². The second-order valence-electron chi connectivity index (χ2n) is 4.89. The van der Waals surface area contributed by atoms with E-state index in [2.05, 4.69) is 9.88 Å². The van der Waals surface area contributed by atoms with Crippen LogP contribution in [0.4, 0.5) is 5.13 Å². The number of carbonyl (C=O) groups excluding carboxylic acids is 1. The Bertz CT molecular complexity index is 603. The van der Waals surface area contributed by atoms with Crippen molar-refractivity contribution in [3.8, 4) is 0 Å². The minimum Gasteiger partial charge on any atom is -0.348 e. The molecular formula is C15H15ClN2OS. The van der Waals surface area contributed by atoms with Gasteiger partial charge < -0.3 is 4.90 Å². The van der Waals surface area contributed by atoms with Crippen molar-refractivity contribution in [3.05, 3.63) is 45.9 Å². The van der Waals surface area contributed by atoms with Gasteiger partial charge in [0.15, 0.2) is 5.13 Å². The molecule has 1 fully saturated rings. The lowest BCUT2D eigenvalue weighted by atomic mass is 10.1. The molecule has 1 aliphatic heterocycles. The first-order valence-electron chi connectivity index (χ1n) is 6.75. The van der Waals surface area contributed by atoms with Crippen LogP contribution in [0.2, 0.25) is 5.02 Å². The minimum absolute atomic E-state index is 0.0161. The number of hydrogen-bond acceptors (Lipinski definition) is 4. The molecule has 0 saturated carbocycles. The Morgan fingerprint density at radius 1 is 1.15 bits per heavy atom. The van der Waals surface area contributed by atoms with E-state index in [1.165, 1.54) is 30.6 Å². The van der Waals surface area contributed by atoms with Crippen molar-refractivity contribution in [2.45, 2.75) is 19.3 Å². The van der Waals surface area contributed by atoms with E-state index in [4.69, 9.17) is 11.6 Å². The Morgan fingerprint density at radius 2 is 1.85 bits per heavy atom. The molecular weight excluding hydrogens is 292 g/mol. The average Bonchev–Trinajstić information content (AvgIpc) is 2.98. The van der Waals surface area contributed by atoms with Gasteiger partial charge in [-0.3, -0.25) is 4.79 Å². The second kappa shape index (κ2) is 5.94. The van der Waals surface area contributed by atoms with Crippen LogP contribution in [0, 0.1) is 0 Å². The SMILES string of the molecule is O=C(c1ccc(Cl)cc1)c1cnc(N2CCCCC2)s1. The molecule has 3 rings (SSSR count). The lowest BCUT2D eigenvalue weighted by Crippen LogP contribution is -2.29. The van der Waals surface area contributed by atoms with Crippen LogP contribution in [0.15, 0.2) is 30.5 Å². The quantitative estimate of drug-likeness (QED) is 0.803. The van der Waals surface area contributed by atoms with Crippen LogP contribution in [-0.4, -0.2) is 23.9 Å². The second-order valence-corrected chi connectivity index (χ2v) is 6.34. The third-order valence-corrected chi connectivity index (χ3v) is 4.76. The average molecular weight is 307 g/mol. The van der Waals surface area contributed by atoms with E-state index in [0.29, 0.717) is 15.5 Å². The Labute approximate surface area is 127 Å². The standard InChI is InChI=1S/C15H15ClN2OS/c16-12-6-4-11(5-7-12)14(19)13-10-17-15(20-13)18-8-2-1-3-9-18/h4-7,10H,1-3,8-9H2. The zero-order valence-electron chi connectivity index (χ0n) is 11.0. The molecule has 20 heavy (non-hydrogen) atoms. The van der Waals surface area contributed by atoms with Crippen LogP contribution in [0.3, 0.4) is 0 Å². The predicted octanol–water partition coefficient (Wildman–Crippen LogP) is 4.02. The zero-order chi connectivity index (χ0) is 13.9. The highest BCUT2D eigenvalue weighted by Gasteiger charge is 2.18. The monoisotopic (exact) mass is 306 g/mol. The number of thiazole rings is 1. The number of rotatable bonds is 3. The summed E-state index contributed by atoms with van der Waals surface area (Å²) in [6.07, 6.45) is 5.39. The van der Waals surface area contributed by atoms with E-state index >= 15 is 0 Å². The highest BCUT2D eigenvalue weighted by Crippen LogP contribution is 2.27. The molecule has 3 nitrogen and oxygen atoms in total. The van der Waals surface area contributed by atoms with Crippen molar-refractivity contribution in [2.24, 2.45) is 0 Å². The van der Waals surface area contributed by atoms with Gasteiger partial charge >= 0.3 is 0 Å². The molecule has 0 radical (unpaired) electrons. The first kappa shape index (κ1) is 13.6. The number of ketones is 1. The first-order valence-corrected chi connectivity index (χ1v) is 7.94. The van der Waals surface area contributed by atoms with Crippen molar-refractivity contribution >= 4 is 33.9 Å². The fourth-order valence-corrected chi connectivity index (χ4v) is 3.40. The molecule has 0 bridgehead atoms. The number of halogens is 1. The van der Waals surface area contributed by atoms with E-state index in [9.17, 15) is 4.79 Å². The zero-order valence-corrected chi connectivity index (χ0v) is 12.6. The molecule has 0 atom stereocenters. The lowest BCUT2D eigenvalue weighted by Gasteiger charge is -2.25. The minimum atomic E-state index is 0.0161. The number of anilines is 1. The van der Waals surface area contributed by atoms with Crippen molar-refractivity contribution < 1.29 is 4.79 Å². The number of aromatic nitrogens is 1. The normalized spacial score (nSPS) is 15.3. The Hall–Kier alpha value is -1.39. The topological polar surface area (TPSA) is 33.2 Å². The van der Waals surface area contributed by atoms with Crippen LogP contribution in [-0.2, 0) is 0 Å². The fourth-order valence-electron chi connectivity index (χ4n) is 2.34. The highest BCUT2D eigenvalue weighted by molar-refractivity contribution is 7.17. The molecule has 1 aromatic heterocycles. The van der Waals surface area contributed by atoms with E-state index < -0.39 is 0 Å². The van der Waals surface area contributed by atoms with Crippen LogP contribution < -0.4 is 4.90 Å². The number of benzene rings is 1. The first-order chi connectivity index (χ1) is 9.74. The van der Waals surface area contributed by atoms with Crippen molar-refractivity contribution in [1.82, 2.24) is 4.98 Å². The number of carbonyl (C=O) groups is 1. The summed E-state index contributed by atoms with van der Waals surface area (Å²) in [7, 11) is 0. The number of hydrogen-bond donors (Lipinski definition) is 0. The van der Waals surface area contributed by atoms with Gasteiger partial charge in [-0.25, -0.2) is 4.98 Å². The molecule has 0 N–H and O–H groups in total. The molecule has 1 saturated heterocycles. The van der Waals surface area contributed by atoms with Gasteiger partial charge in [-0.1, -0.05) is 22.9 Å². The molecule has 0 spiro atoms. The highest BCUT2D eigenvalue weighted by atomic mass is 35.5. The Kier molecular flexibility index (Phi) is 4.03. The third-order valence-electron chi connectivity index (χ3n) is 3.45. The molecule has 2 aromatic rings. The summed E-state index contributed by atoms with van der Waals surface area (Å²) >= 11 is 7.32. The van der Waals surface area contributed by atoms with Crippen LogP contribution in [0.25, 0.3) is 0 Å². The molecule has 5 heteroatoms. The van der Waals surface area contributed by atoms with E-state index in [1.807, 2.05) is 0 Å². The van der Waals surface area contributed by atoms with Crippen molar-refractivity contribution in [1.29, 1.82) is 0 Å². The van der Waals surface area contributed by atoms with Gasteiger partial charge in [-0.2, -0.15) is 0 Å². The maximum atomic E-state index is 12.4. The molecule has 104 valence electrons. The Balaban J connectivity index is 1.78. The third kappa shape index (κ3) is 2.86. The Morgan fingerprint density at radius 3 is 2.55 bits per heavy atom. The summed E-state index contributed by atoms with van der Waals surface area (Å²) in [4.78, 5) is 19.7. The summed E-state index contributed by atoms with van der Waals surface area (Å²) in [5.74, 6) is 0.0161. The molecule has 0 aliphatic carbocycles. The van der Waals surface area contributed by atoms with Gasteiger partial charge in [-0.15, -0.1) is 0 Å². The predicted molar refractivity (Wildman–Crippen MR) is 83.1 cm³/mol. The number of nitrogens with zero attached hydrogens (tertiary/aromatic N) is 2. The molecule has 1 aliphatic rings. The fraction of sp³-hybridized carbons (Fsp3) is 0.333. The van der Waals surface area contributed by atoms with Gasteiger partial charge in [0.1, 0.15) is 0 Å². The van der Waals surface area contributed by atoms with Gasteiger partial charge in [0, 0.05) is 23.7 Å². The summed E-state index contributed by atoms with van der Waals surface area (Å²) in [5.41, 5.74) is 0.656. The van der Waals surface area contributed by atoms with Crippen LogP contribution in [0.5, 0.6) is 0 Å². The maximum absolute atomic E-state index is 12.4. The van der Waals surface area contributed by atoms with Crippen LogP contribution >= 0.6 is 22.9 Å². The van der Waals surface area contributed by atoms with E-state index in [-0.39, 0.29) is 5.78 Å². The van der Waals surface area contributed by atoms with E-state index in [0.717, 1.165) is 18.2 Å². The molecule has 0 unspecified atom stereocenters. The van der Waals surface area contributed by atoms with Gasteiger partial charge in [0.25, 0.3) is 0 Å². The largest absolute Gasteiger partial charge is 0.348 e. The van der Waals surface area contributed by atoms with E-state index in [1.54, 1.807) is 30.5 Å². The summed E-state index contributed by atoms with van der Waals surface area (Å²) in [5, 5.41) is 1.60. The van der Waals surface area contributed by atoms with Gasteiger partial charge in [-0.05, 0) is 43.5 Å². The van der Waals surface area contributed by atoms with Crippen molar-refractivity contribution in [3.63, 3.8) is 0 Å². The smallest absolute Gasteiger partial charge is 0.204 e. The van der Waals surface area contributed by atoms with Crippen molar-refractivity contribution in [2.75, 3.05) is 18.0 Å². The van der Waals surface area contributed by atoms with Crippen LogP contribution in [0.1, 0.15) is 34.5 Å². The molecule has 0 amide bonds. The lowest BCUT2D eigenvalue weighted by molar-refractivity contribution is 0.104. The summed E-state index contributed by atoms with van der Waals surface area (Å²) < 4.78 is 0. The molecule has 1 aromatic carbocycles.